The molecule has 1 atom stereocenters. The molecule has 19 heavy (non-hydrogen) atoms. The molecule has 0 radical (unpaired) electrons. The van der Waals surface area contributed by atoms with Crippen molar-refractivity contribution in [2.24, 2.45) is 0 Å². The number of nitrogen functional groups attached to an aromatic ring is 1. The number of nitrogens with two attached hydrogens (primary N) is 1. The highest BCUT2D eigenvalue weighted by Crippen LogP contribution is 2.17. The SMILES string of the molecule is CC1CN(Cc2nc(N)c3ccccc3n2)CCN1. The van der Waals surface area contributed by atoms with Crippen molar-refractivity contribution in [3.05, 3.63) is 30.1 Å². The van der Waals surface area contributed by atoms with Crippen molar-refractivity contribution >= 4 is 16.7 Å². The monoisotopic (exact) mass is 257 g/mol. The van der Waals surface area contributed by atoms with E-state index in [9.17, 15) is 0 Å². The van der Waals surface area contributed by atoms with Gasteiger partial charge in [-0.1, -0.05) is 12.1 Å². The molecule has 5 heteroatoms. The normalized spacial score (nSPS) is 20.8. The van der Waals surface area contributed by atoms with Crippen LogP contribution in [0.5, 0.6) is 0 Å². The minimum atomic E-state index is 0.520. The fraction of sp³-hybridized carbons (Fsp3) is 0.429. The minimum Gasteiger partial charge on any atom is -0.383 e. The van der Waals surface area contributed by atoms with Gasteiger partial charge in [0, 0.05) is 31.1 Å². The predicted molar refractivity (Wildman–Crippen MR) is 76.7 cm³/mol. The van der Waals surface area contributed by atoms with Gasteiger partial charge in [-0.25, -0.2) is 9.97 Å². The molecule has 2 heterocycles. The maximum absolute atomic E-state index is 6.01. The van der Waals surface area contributed by atoms with E-state index in [0.29, 0.717) is 11.9 Å². The first kappa shape index (κ1) is 12.3. The first-order valence-electron chi connectivity index (χ1n) is 6.69. The molecule has 1 aliphatic heterocycles. The van der Waals surface area contributed by atoms with Gasteiger partial charge in [0.2, 0.25) is 0 Å². The van der Waals surface area contributed by atoms with E-state index >= 15 is 0 Å². The van der Waals surface area contributed by atoms with Crippen LogP contribution in [0.25, 0.3) is 10.9 Å². The Morgan fingerprint density at radius 2 is 2.21 bits per heavy atom. The summed E-state index contributed by atoms with van der Waals surface area (Å²) in [4.78, 5) is 11.4. The van der Waals surface area contributed by atoms with E-state index in [2.05, 4.69) is 27.1 Å². The molecule has 5 nitrogen and oxygen atoms in total. The Morgan fingerprint density at radius 1 is 1.37 bits per heavy atom. The Labute approximate surface area is 112 Å². The lowest BCUT2D eigenvalue weighted by atomic mass is 10.2. The number of fused-ring (bicyclic) bond motifs is 1. The molecule has 100 valence electrons. The summed E-state index contributed by atoms with van der Waals surface area (Å²) >= 11 is 0. The first-order valence-corrected chi connectivity index (χ1v) is 6.69. The lowest BCUT2D eigenvalue weighted by molar-refractivity contribution is 0.195. The van der Waals surface area contributed by atoms with Crippen molar-refractivity contribution in [1.29, 1.82) is 0 Å². The zero-order valence-electron chi connectivity index (χ0n) is 11.1. The Kier molecular flexibility index (Phi) is 3.31. The summed E-state index contributed by atoms with van der Waals surface area (Å²) in [6, 6.07) is 8.40. The second kappa shape index (κ2) is 5.11. The molecule has 3 rings (SSSR count). The summed E-state index contributed by atoms with van der Waals surface area (Å²) in [5.41, 5.74) is 6.93. The quantitative estimate of drug-likeness (QED) is 0.840. The van der Waals surface area contributed by atoms with E-state index in [1.54, 1.807) is 0 Å². The van der Waals surface area contributed by atoms with Crippen LogP contribution in [0, 0.1) is 0 Å². The van der Waals surface area contributed by atoms with E-state index in [-0.39, 0.29) is 0 Å². The highest BCUT2D eigenvalue weighted by molar-refractivity contribution is 5.87. The molecule has 0 aliphatic carbocycles. The summed E-state index contributed by atoms with van der Waals surface area (Å²) < 4.78 is 0. The molecule has 1 fully saturated rings. The molecule has 1 saturated heterocycles. The highest BCUT2D eigenvalue weighted by atomic mass is 15.2. The molecule has 0 amide bonds. The summed E-state index contributed by atoms with van der Waals surface area (Å²) in [5.74, 6) is 1.38. The van der Waals surface area contributed by atoms with Crippen LogP contribution in [-0.4, -0.2) is 40.5 Å². The van der Waals surface area contributed by atoms with Crippen LogP contribution in [0.3, 0.4) is 0 Å². The topological polar surface area (TPSA) is 67.1 Å². The lowest BCUT2D eigenvalue weighted by Crippen LogP contribution is -2.48. The van der Waals surface area contributed by atoms with Gasteiger partial charge >= 0.3 is 0 Å². The molecule has 0 spiro atoms. The van der Waals surface area contributed by atoms with E-state index in [0.717, 1.165) is 42.9 Å². The van der Waals surface area contributed by atoms with Gasteiger partial charge in [0.15, 0.2) is 0 Å². The zero-order chi connectivity index (χ0) is 13.2. The first-order chi connectivity index (χ1) is 9.22. The molecular formula is C14H19N5. The van der Waals surface area contributed by atoms with Gasteiger partial charge in [0.05, 0.1) is 12.1 Å². The smallest absolute Gasteiger partial charge is 0.145 e. The molecule has 2 aromatic rings. The number of nitrogens with zero attached hydrogens (tertiary/aromatic N) is 3. The van der Waals surface area contributed by atoms with Crippen LogP contribution < -0.4 is 11.1 Å². The van der Waals surface area contributed by atoms with E-state index in [4.69, 9.17) is 5.73 Å². The second-order valence-electron chi connectivity index (χ2n) is 5.13. The number of piperazine rings is 1. The van der Waals surface area contributed by atoms with Gasteiger partial charge in [0.25, 0.3) is 0 Å². The molecule has 1 aromatic carbocycles. The maximum Gasteiger partial charge on any atom is 0.145 e. The van der Waals surface area contributed by atoms with Gasteiger partial charge in [-0.2, -0.15) is 0 Å². The summed E-state index contributed by atoms with van der Waals surface area (Å²) in [6.07, 6.45) is 0. The summed E-state index contributed by atoms with van der Waals surface area (Å²) in [6.45, 7) is 6.03. The molecular weight excluding hydrogens is 238 g/mol. The van der Waals surface area contributed by atoms with E-state index in [1.165, 1.54) is 0 Å². The lowest BCUT2D eigenvalue weighted by Gasteiger charge is -2.31. The predicted octanol–water partition coefficient (Wildman–Crippen LogP) is 1.01. The number of rotatable bonds is 2. The van der Waals surface area contributed by atoms with Gasteiger partial charge in [-0.3, -0.25) is 4.90 Å². The highest BCUT2D eigenvalue weighted by Gasteiger charge is 2.17. The average molecular weight is 257 g/mol. The Morgan fingerprint density at radius 3 is 3.05 bits per heavy atom. The summed E-state index contributed by atoms with van der Waals surface area (Å²) in [5, 5.41) is 4.36. The van der Waals surface area contributed by atoms with Crippen LogP contribution in [0.1, 0.15) is 12.7 Å². The molecule has 1 aliphatic rings. The number of hydrogen-bond acceptors (Lipinski definition) is 5. The van der Waals surface area contributed by atoms with Gasteiger partial charge in [-0.15, -0.1) is 0 Å². The fourth-order valence-corrected chi connectivity index (χ4v) is 2.58. The van der Waals surface area contributed by atoms with Crippen molar-refractivity contribution < 1.29 is 0 Å². The molecule has 3 N–H and O–H groups in total. The number of benzene rings is 1. The van der Waals surface area contributed by atoms with Crippen LogP contribution in [-0.2, 0) is 6.54 Å². The number of nitrogens with one attached hydrogen (secondary N) is 1. The number of aromatic nitrogens is 2. The third-order valence-corrected chi connectivity index (χ3v) is 3.50. The average Bonchev–Trinajstić information content (AvgIpc) is 2.39. The number of hydrogen-bond donors (Lipinski definition) is 2. The molecule has 0 bridgehead atoms. The van der Waals surface area contributed by atoms with Crippen LogP contribution in [0.15, 0.2) is 24.3 Å². The van der Waals surface area contributed by atoms with Gasteiger partial charge < -0.3 is 11.1 Å². The zero-order valence-corrected chi connectivity index (χ0v) is 11.1. The molecule has 1 unspecified atom stereocenters. The van der Waals surface area contributed by atoms with Crippen LogP contribution in [0.2, 0.25) is 0 Å². The van der Waals surface area contributed by atoms with Crippen LogP contribution in [0.4, 0.5) is 5.82 Å². The largest absolute Gasteiger partial charge is 0.383 e. The Hall–Kier alpha value is -1.72. The standard InChI is InChI=1S/C14H19N5/c1-10-8-19(7-6-16-10)9-13-17-12-5-3-2-4-11(12)14(15)18-13/h2-5,10,16H,6-9H2,1H3,(H2,15,17,18). The summed E-state index contributed by atoms with van der Waals surface area (Å²) in [7, 11) is 0. The van der Waals surface area contributed by atoms with Crippen molar-refractivity contribution in [3.63, 3.8) is 0 Å². The number of para-hydroxylation sites is 1. The van der Waals surface area contributed by atoms with Crippen molar-refractivity contribution in [1.82, 2.24) is 20.2 Å². The Bertz CT molecular complexity index is 583. The minimum absolute atomic E-state index is 0.520. The number of anilines is 1. The Balaban J connectivity index is 1.85. The van der Waals surface area contributed by atoms with Crippen molar-refractivity contribution in [2.75, 3.05) is 25.4 Å². The molecule has 0 saturated carbocycles. The van der Waals surface area contributed by atoms with Gasteiger partial charge in [0.1, 0.15) is 11.6 Å². The van der Waals surface area contributed by atoms with E-state index < -0.39 is 0 Å². The third kappa shape index (κ3) is 2.67. The van der Waals surface area contributed by atoms with Crippen LogP contribution >= 0.6 is 0 Å². The maximum atomic E-state index is 6.01. The fourth-order valence-electron chi connectivity index (χ4n) is 2.58. The van der Waals surface area contributed by atoms with Gasteiger partial charge in [-0.05, 0) is 19.1 Å². The van der Waals surface area contributed by atoms with Crippen molar-refractivity contribution in [3.8, 4) is 0 Å². The third-order valence-electron chi connectivity index (χ3n) is 3.50. The van der Waals surface area contributed by atoms with Crippen molar-refractivity contribution in [2.45, 2.75) is 19.5 Å². The molecule has 1 aromatic heterocycles. The second-order valence-corrected chi connectivity index (χ2v) is 5.13. The van der Waals surface area contributed by atoms with E-state index in [1.807, 2.05) is 24.3 Å².